The Morgan fingerprint density at radius 1 is 1.03 bits per heavy atom. The van der Waals surface area contributed by atoms with Crippen molar-refractivity contribution in [3.8, 4) is 0 Å². The van der Waals surface area contributed by atoms with Crippen molar-refractivity contribution in [1.29, 1.82) is 0 Å². The molecule has 1 aromatic heterocycles. The first kappa shape index (κ1) is 22.5. The molecule has 178 valence electrons. The van der Waals surface area contributed by atoms with Gasteiger partial charge in [-0.1, -0.05) is 32.8 Å². The molecule has 0 unspecified atom stereocenters. The first-order chi connectivity index (χ1) is 15.8. The summed E-state index contributed by atoms with van der Waals surface area (Å²) in [6.45, 7) is 12.5. The zero-order chi connectivity index (χ0) is 23.2. The van der Waals surface area contributed by atoms with Gasteiger partial charge < -0.3 is 9.80 Å². The van der Waals surface area contributed by atoms with Gasteiger partial charge in [-0.05, 0) is 60.9 Å². The van der Waals surface area contributed by atoms with E-state index in [4.69, 9.17) is 0 Å². The SMILES string of the molecule is Cc1cc(C(=O)N2CCC(C)(C)c3ccc(N4CCN(C5CCCC5)CC4)cc3C2)n(C)n1. The predicted octanol–water partition coefficient (Wildman–Crippen LogP) is 4.12. The van der Waals surface area contributed by atoms with Crippen molar-refractivity contribution in [2.75, 3.05) is 37.6 Å². The second kappa shape index (κ2) is 8.79. The number of hydrogen-bond acceptors (Lipinski definition) is 4. The maximum absolute atomic E-state index is 13.4. The van der Waals surface area contributed by atoms with Crippen LogP contribution in [-0.2, 0) is 19.0 Å². The van der Waals surface area contributed by atoms with Crippen molar-refractivity contribution in [1.82, 2.24) is 19.6 Å². The number of rotatable bonds is 3. The quantitative estimate of drug-likeness (QED) is 0.707. The van der Waals surface area contributed by atoms with Gasteiger partial charge in [-0.25, -0.2) is 0 Å². The summed E-state index contributed by atoms with van der Waals surface area (Å²) in [4.78, 5) is 20.7. The van der Waals surface area contributed by atoms with E-state index in [2.05, 4.69) is 46.9 Å². The Balaban J connectivity index is 1.36. The fraction of sp³-hybridized carbons (Fsp3) is 0.630. The molecule has 33 heavy (non-hydrogen) atoms. The van der Waals surface area contributed by atoms with Crippen LogP contribution in [0.15, 0.2) is 24.3 Å². The molecule has 2 fully saturated rings. The Hall–Kier alpha value is -2.34. The Labute approximate surface area is 198 Å². The largest absolute Gasteiger partial charge is 0.369 e. The van der Waals surface area contributed by atoms with Gasteiger partial charge in [-0.3, -0.25) is 14.4 Å². The lowest BCUT2D eigenvalue weighted by molar-refractivity contribution is 0.0729. The summed E-state index contributed by atoms with van der Waals surface area (Å²) in [6.07, 6.45) is 6.53. The number of carbonyl (C=O) groups excluding carboxylic acids is 1. The van der Waals surface area contributed by atoms with Gasteiger partial charge in [0.25, 0.3) is 5.91 Å². The highest BCUT2D eigenvalue weighted by atomic mass is 16.2. The van der Waals surface area contributed by atoms with Crippen LogP contribution in [0.3, 0.4) is 0 Å². The molecule has 0 atom stereocenters. The molecule has 0 N–H and O–H groups in total. The van der Waals surface area contributed by atoms with E-state index in [1.807, 2.05) is 24.9 Å². The molecule has 1 saturated heterocycles. The van der Waals surface area contributed by atoms with Crippen molar-refractivity contribution in [2.45, 2.75) is 70.9 Å². The molecule has 1 aromatic carbocycles. The number of aromatic nitrogens is 2. The third kappa shape index (κ3) is 4.42. The van der Waals surface area contributed by atoms with Gasteiger partial charge in [-0.2, -0.15) is 5.10 Å². The molecule has 6 nitrogen and oxygen atoms in total. The van der Waals surface area contributed by atoms with Crippen molar-refractivity contribution >= 4 is 11.6 Å². The average Bonchev–Trinajstić information content (AvgIpc) is 3.42. The molecule has 5 rings (SSSR count). The lowest BCUT2D eigenvalue weighted by Gasteiger charge is -2.39. The monoisotopic (exact) mass is 449 g/mol. The van der Waals surface area contributed by atoms with Crippen LogP contribution in [-0.4, -0.2) is 64.3 Å². The number of piperazine rings is 1. The lowest BCUT2D eigenvalue weighted by Crippen LogP contribution is -2.49. The van der Waals surface area contributed by atoms with Crippen molar-refractivity contribution in [3.05, 3.63) is 46.8 Å². The van der Waals surface area contributed by atoms with E-state index < -0.39 is 0 Å². The molecular formula is C27H39N5O. The Bertz CT molecular complexity index is 1010. The topological polar surface area (TPSA) is 44.6 Å². The maximum Gasteiger partial charge on any atom is 0.272 e. The fourth-order valence-electron chi connectivity index (χ4n) is 6.16. The molecule has 3 heterocycles. The molecule has 1 amide bonds. The minimum absolute atomic E-state index is 0.0481. The van der Waals surface area contributed by atoms with Gasteiger partial charge in [0.2, 0.25) is 0 Å². The molecule has 0 radical (unpaired) electrons. The van der Waals surface area contributed by atoms with E-state index >= 15 is 0 Å². The number of aryl methyl sites for hydroxylation is 2. The van der Waals surface area contributed by atoms with E-state index in [9.17, 15) is 4.79 Å². The minimum Gasteiger partial charge on any atom is -0.369 e. The van der Waals surface area contributed by atoms with Crippen LogP contribution in [0.1, 0.15) is 73.3 Å². The molecule has 0 spiro atoms. The van der Waals surface area contributed by atoms with Crippen LogP contribution in [0, 0.1) is 6.92 Å². The molecule has 2 aliphatic heterocycles. The average molecular weight is 450 g/mol. The van der Waals surface area contributed by atoms with Gasteiger partial charge in [-0.15, -0.1) is 0 Å². The highest BCUT2D eigenvalue weighted by Crippen LogP contribution is 2.36. The van der Waals surface area contributed by atoms with Gasteiger partial charge in [0, 0.05) is 58.0 Å². The number of fused-ring (bicyclic) bond motifs is 1. The number of hydrogen-bond donors (Lipinski definition) is 0. The summed E-state index contributed by atoms with van der Waals surface area (Å²) in [5.74, 6) is 0.0809. The number of amides is 1. The van der Waals surface area contributed by atoms with E-state index in [1.54, 1.807) is 4.68 Å². The summed E-state index contributed by atoms with van der Waals surface area (Å²) in [7, 11) is 1.86. The molecule has 0 bridgehead atoms. The summed E-state index contributed by atoms with van der Waals surface area (Å²) in [5, 5.41) is 4.39. The van der Waals surface area contributed by atoms with Crippen molar-refractivity contribution < 1.29 is 4.79 Å². The summed E-state index contributed by atoms with van der Waals surface area (Å²) >= 11 is 0. The van der Waals surface area contributed by atoms with E-state index in [0.717, 1.165) is 50.9 Å². The summed E-state index contributed by atoms with van der Waals surface area (Å²) in [6, 6.07) is 9.72. The number of carbonyl (C=O) groups is 1. The van der Waals surface area contributed by atoms with Gasteiger partial charge in [0.05, 0.1) is 5.69 Å². The number of nitrogens with zero attached hydrogens (tertiary/aromatic N) is 5. The van der Waals surface area contributed by atoms with E-state index in [1.165, 1.54) is 42.5 Å². The Kier molecular flexibility index (Phi) is 5.98. The number of benzene rings is 1. The molecule has 1 saturated carbocycles. The minimum atomic E-state index is 0.0481. The zero-order valence-electron chi connectivity index (χ0n) is 20.8. The van der Waals surface area contributed by atoms with Crippen molar-refractivity contribution in [3.63, 3.8) is 0 Å². The fourth-order valence-corrected chi connectivity index (χ4v) is 6.16. The third-order valence-corrected chi connectivity index (χ3v) is 8.21. The second-order valence-electron chi connectivity index (χ2n) is 11.0. The smallest absolute Gasteiger partial charge is 0.272 e. The normalized spacial score (nSPS) is 21.8. The van der Waals surface area contributed by atoms with E-state index in [0.29, 0.717) is 12.2 Å². The Morgan fingerprint density at radius 2 is 1.76 bits per heavy atom. The van der Waals surface area contributed by atoms with Crippen LogP contribution in [0.4, 0.5) is 5.69 Å². The molecule has 3 aliphatic rings. The molecule has 1 aliphatic carbocycles. The predicted molar refractivity (Wildman–Crippen MR) is 133 cm³/mol. The van der Waals surface area contributed by atoms with Crippen LogP contribution < -0.4 is 4.90 Å². The zero-order valence-corrected chi connectivity index (χ0v) is 20.8. The molecule has 2 aromatic rings. The van der Waals surface area contributed by atoms with Gasteiger partial charge >= 0.3 is 0 Å². The molecule has 6 heteroatoms. The van der Waals surface area contributed by atoms with Crippen molar-refractivity contribution in [2.24, 2.45) is 7.05 Å². The lowest BCUT2D eigenvalue weighted by atomic mass is 9.80. The number of anilines is 1. The van der Waals surface area contributed by atoms with Gasteiger partial charge in [0.1, 0.15) is 5.69 Å². The Morgan fingerprint density at radius 3 is 2.42 bits per heavy atom. The summed E-state index contributed by atoms with van der Waals surface area (Å²) in [5.41, 5.74) is 5.59. The maximum atomic E-state index is 13.4. The first-order valence-electron chi connectivity index (χ1n) is 12.7. The standard InChI is InChI=1S/C27H39N5O/c1-20-17-25(29(4)28-20)26(33)32-12-11-27(2,3)24-10-9-23(18-21(24)19-32)31-15-13-30(14-16-31)22-7-5-6-8-22/h9-10,17-18,22H,5-8,11-16,19H2,1-4H3. The highest BCUT2D eigenvalue weighted by molar-refractivity contribution is 5.92. The molecular weight excluding hydrogens is 410 g/mol. The second-order valence-corrected chi connectivity index (χ2v) is 11.0. The van der Waals surface area contributed by atoms with Crippen LogP contribution >= 0.6 is 0 Å². The first-order valence-corrected chi connectivity index (χ1v) is 12.7. The van der Waals surface area contributed by atoms with Crippen LogP contribution in [0.25, 0.3) is 0 Å². The highest BCUT2D eigenvalue weighted by Gasteiger charge is 2.32. The van der Waals surface area contributed by atoms with E-state index in [-0.39, 0.29) is 11.3 Å². The van der Waals surface area contributed by atoms with Crippen LogP contribution in [0.2, 0.25) is 0 Å². The third-order valence-electron chi connectivity index (χ3n) is 8.21. The summed E-state index contributed by atoms with van der Waals surface area (Å²) < 4.78 is 1.72. The van der Waals surface area contributed by atoms with Gasteiger partial charge in [0.15, 0.2) is 0 Å². The van der Waals surface area contributed by atoms with Crippen LogP contribution in [0.5, 0.6) is 0 Å².